The zero-order valence-corrected chi connectivity index (χ0v) is 21.7. The normalized spacial score (nSPS) is 11.9. The molecule has 0 saturated heterocycles. The maximum atomic E-state index is 12.7. The number of carbonyl (C=O) groups excluding carboxylic acids is 2. The lowest BCUT2D eigenvalue weighted by Gasteiger charge is -2.22. The predicted molar refractivity (Wildman–Crippen MR) is 136 cm³/mol. The molecule has 2 aromatic carbocycles. The van der Waals surface area contributed by atoms with Gasteiger partial charge in [-0.1, -0.05) is 55.4 Å². The third kappa shape index (κ3) is 6.59. The maximum absolute atomic E-state index is 12.7. The highest BCUT2D eigenvalue weighted by atomic mass is 79.9. The van der Waals surface area contributed by atoms with Crippen LogP contribution >= 0.6 is 39.3 Å². The Labute approximate surface area is 210 Å². The third-order valence-corrected chi connectivity index (χ3v) is 7.06. The quantitative estimate of drug-likeness (QED) is 0.340. The van der Waals surface area contributed by atoms with E-state index < -0.39 is 0 Å². The number of hydrogen-bond donors (Lipinski definition) is 2. The first-order valence-corrected chi connectivity index (χ1v) is 12.6. The van der Waals surface area contributed by atoms with E-state index in [0.29, 0.717) is 33.8 Å². The van der Waals surface area contributed by atoms with Gasteiger partial charge < -0.3 is 15.2 Å². The molecule has 0 unspecified atom stereocenters. The van der Waals surface area contributed by atoms with Crippen molar-refractivity contribution in [3.63, 3.8) is 0 Å². The van der Waals surface area contributed by atoms with Gasteiger partial charge in [0, 0.05) is 22.3 Å². The first-order chi connectivity index (χ1) is 15.8. The number of rotatable bonds is 9. The van der Waals surface area contributed by atoms with E-state index in [1.54, 1.807) is 30.3 Å². The van der Waals surface area contributed by atoms with Gasteiger partial charge in [0.05, 0.1) is 16.8 Å². The molecule has 1 aromatic heterocycles. The van der Waals surface area contributed by atoms with Crippen molar-refractivity contribution in [1.29, 1.82) is 0 Å². The molecule has 0 aliphatic carbocycles. The molecule has 0 bridgehead atoms. The van der Waals surface area contributed by atoms with Crippen molar-refractivity contribution in [2.45, 2.75) is 38.5 Å². The summed E-state index contributed by atoms with van der Waals surface area (Å²) in [7, 11) is 0. The fourth-order valence-corrected chi connectivity index (χ4v) is 4.42. The summed E-state index contributed by atoms with van der Waals surface area (Å²) in [5.41, 5.74) is 1.21. The third-order valence-electron chi connectivity index (χ3n) is 4.86. The number of aromatic nitrogens is 3. The molecule has 1 heterocycles. The second-order valence-electron chi connectivity index (χ2n) is 7.61. The minimum absolute atomic E-state index is 0.0930. The van der Waals surface area contributed by atoms with Gasteiger partial charge in [-0.05, 0) is 59.1 Å². The molecule has 0 spiro atoms. The summed E-state index contributed by atoms with van der Waals surface area (Å²) in [6.45, 7) is 6.64. The summed E-state index contributed by atoms with van der Waals surface area (Å²) in [5, 5.41) is 15.7. The van der Waals surface area contributed by atoms with Crippen molar-refractivity contribution in [2.24, 2.45) is 5.92 Å². The standard InChI is InChI=1S/C23H25BrClN5O2S/c1-4-30-21(20(14(2)3)27-22(32)15-8-6-5-7-9-15)28-29-23(30)33-13-19(31)26-16-10-11-17(24)18(25)12-16/h5-12,14,20H,4,13H2,1-3H3,(H,26,31)(H,27,32)/t20-/m1/s1. The van der Waals surface area contributed by atoms with E-state index in [0.717, 1.165) is 4.47 Å². The van der Waals surface area contributed by atoms with Crippen LogP contribution in [-0.4, -0.2) is 32.3 Å². The number of anilines is 1. The molecule has 2 N–H and O–H groups in total. The van der Waals surface area contributed by atoms with Crippen LogP contribution in [0.1, 0.15) is 43.0 Å². The molecule has 174 valence electrons. The van der Waals surface area contributed by atoms with Gasteiger partial charge in [-0.15, -0.1) is 10.2 Å². The van der Waals surface area contributed by atoms with Crippen LogP contribution < -0.4 is 10.6 Å². The van der Waals surface area contributed by atoms with Crippen molar-refractivity contribution in [3.05, 3.63) is 69.4 Å². The molecular formula is C23H25BrClN5O2S. The number of thioether (sulfide) groups is 1. The second kappa shape index (κ2) is 11.7. The van der Waals surface area contributed by atoms with Crippen LogP contribution in [0.5, 0.6) is 0 Å². The van der Waals surface area contributed by atoms with Crippen molar-refractivity contribution in [2.75, 3.05) is 11.1 Å². The van der Waals surface area contributed by atoms with E-state index in [4.69, 9.17) is 11.6 Å². The van der Waals surface area contributed by atoms with Gasteiger partial charge >= 0.3 is 0 Å². The highest BCUT2D eigenvalue weighted by Crippen LogP contribution is 2.27. The Morgan fingerprint density at radius 2 is 1.88 bits per heavy atom. The highest BCUT2D eigenvalue weighted by molar-refractivity contribution is 9.10. The fourth-order valence-electron chi connectivity index (χ4n) is 3.18. The monoisotopic (exact) mass is 549 g/mol. The summed E-state index contributed by atoms with van der Waals surface area (Å²) >= 11 is 10.7. The Kier molecular flexibility index (Phi) is 8.94. The largest absolute Gasteiger partial charge is 0.342 e. The van der Waals surface area contributed by atoms with E-state index in [9.17, 15) is 9.59 Å². The summed E-state index contributed by atoms with van der Waals surface area (Å²) in [5.74, 6) is 0.578. The summed E-state index contributed by atoms with van der Waals surface area (Å²) in [4.78, 5) is 25.2. The van der Waals surface area contributed by atoms with Crippen LogP contribution in [0.3, 0.4) is 0 Å². The molecule has 3 rings (SSSR count). The average molecular weight is 551 g/mol. The molecule has 0 radical (unpaired) electrons. The molecule has 0 aliphatic rings. The fraction of sp³-hybridized carbons (Fsp3) is 0.304. The Hall–Kier alpha value is -2.36. The number of nitrogens with one attached hydrogen (secondary N) is 2. The smallest absolute Gasteiger partial charge is 0.251 e. The average Bonchev–Trinajstić information content (AvgIpc) is 3.21. The molecule has 0 saturated carbocycles. The minimum atomic E-state index is -0.321. The number of nitrogens with zero attached hydrogens (tertiary/aromatic N) is 3. The topological polar surface area (TPSA) is 88.9 Å². The van der Waals surface area contributed by atoms with E-state index in [2.05, 4.69) is 36.8 Å². The molecule has 7 nitrogen and oxygen atoms in total. The van der Waals surface area contributed by atoms with Crippen LogP contribution in [0.25, 0.3) is 0 Å². The SMILES string of the molecule is CCn1c(SCC(=O)Nc2ccc(Br)c(Cl)c2)nnc1[C@H](NC(=O)c1ccccc1)C(C)C. The summed E-state index contributed by atoms with van der Waals surface area (Å²) in [6, 6.07) is 14.0. The molecule has 33 heavy (non-hydrogen) atoms. The van der Waals surface area contributed by atoms with Crippen LogP contribution in [0.15, 0.2) is 58.2 Å². The molecule has 2 amide bonds. The summed E-state index contributed by atoms with van der Waals surface area (Å²) in [6.07, 6.45) is 0. The Balaban J connectivity index is 1.70. The molecule has 0 fully saturated rings. The number of amides is 2. The van der Waals surface area contributed by atoms with Crippen molar-refractivity contribution >= 4 is 56.8 Å². The molecule has 3 aromatic rings. The number of benzene rings is 2. The molecule has 0 aliphatic heterocycles. The van der Waals surface area contributed by atoms with Gasteiger partial charge in [-0.25, -0.2) is 0 Å². The Morgan fingerprint density at radius 1 is 1.15 bits per heavy atom. The highest BCUT2D eigenvalue weighted by Gasteiger charge is 2.26. The van der Waals surface area contributed by atoms with E-state index in [-0.39, 0.29) is 29.5 Å². The lowest BCUT2D eigenvalue weighted by Crippen LogP contribution is -2.33. The molecule has 1 atom stereocenters. The van der Waals surface area contributed by atoms with Gasteiger partial charge in [0.25, 0.3) is 5.91 Å². The van der Waals surface area contributed by atoms with E-state index in [1.165, 1.54) is 11.8 Å². The van der Waals surface area contributed by atoms with Gasteiger partial charge in [0.15, 0.2) is 11.0 Å². The predicted octanol–water partition coefficient (Wildman–Crippen LogP) is 5.57. The van der Waals surface area contributed by atoms with Crippen LogP contribution in [0.4, 0.5) is 5.69 Å². The zero-order valence-electron chi connectivity index (χ0n) is 18.5. The lowest BCUT2D eigenvalue weighted by molar-refractivity contribution is -0.113. The van der Waals surface area contributed by atoms with Crippen LogP contribution in [0.2, 0.25) is 5.02 Å². The Morgan fingerprint density at radius 3 is 2.52 bits per heavy atom. The minimum Gasteiger partial charge on any atom is -0.342 e. The van der Waals surface area contributed by atoms with Crippen LogP contribution in [0, 0.1) is 5.92 Å². The molecule has 10 heteroatoms. The summed E-state index contributed by atoms with van der Waals surface area (Å²) < 4.78 is 2.70. The number of carbonyl (C=O) groups is 2. The molecular weight excluding hydrogens is 526 g/mol. The Bertz CT molecular complexity index is 1120. The zero-order chi connectivity index (χ0) is 24.0. The van der Waals surface area contributed by atoms with Crippen molar-refractivity contribution < 1.29 is 9.59 Å². The van der Waals surface area contributed by atoms with Gasteiger partial charge in [-0.2, -0.15) is 0 Å². The van der Waals surface area contributed by atoms with Gasteiger partial charge in [-0.3, -0.25) is 9.59 Å². The van der Waals surface area contributed by atoms with Crippen molar-refractivity contribution in [3.8, 4) is 0 Å². The van der Waals surface area contributed by atoms with Gasteiger partial charge in [0.1, 0.15) is 0 Å². The second-order valence-corrected chi connectivity index (χ2v) is 9.82. The number of hydrogen-bond acceptors (Lipinski definition) is 5. The van der Waals surface area contributed by atoms with Crippen molar-refractivity contribution in [1.82, 2.24) is 20.1 Å². The van der Waals surface area contributed by atoms with Gasteiger partial charge in [0.2, 0.25) is 5.91 Å². The maximum Gasteiger partial charge on any atom is 0.251 e. The lowest BCUT2D eigenvalue weighted by atomic mass is 10.0. The number of halogens is 2. The van der Waals surface area contributed by atoms with E-state index in [1.807, 2.05) is 43.5 Å². The van der Waals surface area contributed by atoms with Crippen LogP contribution in [-0.2, 0) is 11.3 Å². The van der Waals surface area contributed by atoms with E-state index >= 15 is 0 Å². The first kappa shape index (κ1) is 25.3. The first-order valence-electron chi connectivity index (χ1n) is 10.5.